The summed E-state index contributed by atoms with van der Waals surface area (Å²) in [7, 11) is 0. The van der Waals surface area contributed by atoms with E-state index in [1.54, 1.807) is 29.2 Å². The van der Waals surface area contributed by atoms with Crippen LogP contribution in [0.4, 0.5) is 0 Å². The molecule has 0 saturated carbocycles. The lowest BCUT2D eigenvalue weighted by Gasteiger charge is -2.17. The summed E-state index contributed by atoms with van der Waals surface area (Å²) < 4.78 is 17.2. The molecule has 0 N–H and O–H groups in total. The van der Waals surface area contributed by atoms with Crippen LogP contribution < -0.4 is 0 Å². The number of hydrogen-bond acceptors (Lipinski definition) is 3. The molecule has 1 aromatic carbocycles. The molecule has 0 aliphatic rings. The van der Waals surface area contributed by atoms with Gasteiger partial charge in [0.25, 0.3) is 0 Å². The van der Waals surface area contributed by atoms with Crippen LogP contribution in [0.15, 0.2) is 41.1 Å². The SMILES string of the molecule is CC(C)(C)[S+]([O-])N=Cc1cnn(-c2ccc(Cl)cc2)c1. The molecule has 1 unspecified atom stereocenters. The minimum absolute atomic E-state index is 0.358. The zero-order valence-corrected chi connectivity index (χ0v) is 13.1. The molecule has 20 heavy (non-hydrogen) atoms. The van der Waals surface area contributed by atoms with Gasteiger partial charge in [0.1, 0.15) is 16.1 Å². The second kappa shape index (κ2) is 5.99. The van der Waals surface area contributed by atoms with Gasteiger partial charge in [-0.25, -0.2) is 4.68 Å². The quantitative estimate of drug-likeness (QED) is 0.644. The number of hydrogen-bond donors (Lipinski definition) is 0. The smallest absolute Gasteiger partial charge is 0.144 e. The van der Waals surface area contributed by atoms with E-state index in [9.17, 15) is 4.55 Å². The molecule has 4 nitrogen and oxygen atoms in total. The van der Waals surface area contributed by atoms with Crippen LogP contribution in [-0.2, 0) is 11.4 Å². The molecule has 106 valence electrons. The van der Waals surface area contributed by atoms with Gasteiger partial charge in [0.05, 0.1) is 18.1 Å². The number of rotatable bonds is 3. The van der Waals surface area contributed by atoms with Crippen molar-refractivity contribution in [3.63, 3.8) is 0 Å². The topological polar surface area (TPSA) is 53.2 Å². The molecule has 0 aliphatic carbocycles. The highest BCUT2D eigenvalue weighted by atomic mass is 35.5. The molecule has 1 heterocycles. The van der Waals surface area contributed by atoms with Crippen LogP contribution in [0.3, 0.4) is 0 Å². The highest BCUT2D eigenvalue weighted by molar-refractivity contribution is 7.91. The van der Waals surface area contributed by atoms with Crippen LogP contribution in [-0.4, -0.2) is 25.3 Å². The summed E-state index contributed by atoms with van der Waals surface area (Å²) in [5, 5.41) is 4.92. The lowest BCUT2D eigenvalue weighted by Crippen LogP contribution is -2.25. The molecule has 0 saturated heterocycles. The average Bonchev–Trinajstić information content (AvgIpc) is 2.84. The summed E-state index contributed by atoms with van der Waals surface area (Å²) in [4.78, 5) is 0. The van der Waals surface area contributed by atoms with E-state index in [2.05, 4.69) is 9.50 Å². The maximum absolute atomic E-state index is 11.8. The number of nitrogens with zero attached hydrogens (tertiary/aromatic N) is 3. The molecule has 1 atom stereocenters. The van der Waals surface area contributed by atoms with Crippen LogP contribution >= 0.6 is 11.6 Å². The molecule has 0 amide bonds. The third-order valence-electron chi connectivity index (χ3n) is 2.52. The van der Waals surface area contributed by atoms with Crippen LogP contribution in [0.1, 0.15) is 26.3 Å². The summed E-state index contributed by atoms with van der Waals surface area (Å²) in [6.45, 7) is 5.66. The van der Waals surface area contributed by atoms with Gasteiger partial charge < -0.3 is 4.55 Å². The van der Waals surface area contributed by atoms with Gasteiger partial charge in [-0.05, 0) is 45.0 Å². The Bertz CT molecular complexity index is 602. The van der Waals surface area contributed by atoms with Gasteiger partial charge >= 0.3 is 0 Å². The van der Waals surface area contributed by atoms with Crippen molar-refractivity contribution in [2.24, 2.45) is 4.40 Å². The van der Waals surface area contributed by atoms with Crippen LogP contribution in [0.5, 0.6) is 0 Å². The Hall–Kier alpha value is -1.30. The van der Waals surface area contributed by atoms with Gasteiger partial charge in [0.15, 0.2) is 0 Å². The number of halogens is 1. The Labute approximate surface area is 126 Å². The Morgan fingerprint density at radius 2 is 1.95 bits per heavy atom. The van der Waals surface area contributed by atoms with Gasteiger partial charge in [-0.1, -0.05) is 16.0 Å². The van der Waals surface area contributed by atoms with Crippen molar-refractivity contribution in [2.45, 2.75) is 25.5 Å². The van der Waals surface area contributed by atoms with E-state index >= 15 is 0 Å². The van der Waals surface area contributed by atoms with E-state index < -0.39 is 11.4 Å². The van der Waals surface area contributed by atoms with Gasteiger partial charge in [0, 0.05) is 16.8 Å². The summed E-state index contributed by atoms with van der Waals surface area (Å²) in [6.07, 6.45) is 5.09. The Morgan fingerprint density at radius 1 is 1.30 bits per heavy atom. The van der Waals surface area contributed by atoms with E-state index in [0.717, 1.165) is 11.3 Å². The van der Waals surface area contributed by atoms with E-state index in [4.69, 9.17) is 11.6 Å². The second-order valence-electron chi connectivity index (χ2n) is 5.29. The van der Waals surface area contributed by atoms with Gasteiger partial charge in [-0.3, -0.25) is 0 Å². The Balaban J connectivity index is 2.13. The predicted molar refractivity (Wildman–Crippen MR) is 84.1 cm³/mol. The van der Waals surface area contributed by atoms with E-state index in [0.29, 0.717) is 5.02 Å². The van der Waals surface area contributed by atoms with Crippen molar-refractivity contribution in [3.8, 4) is 5.69 Å². The number of benzene rings is 1. The largest absolute Gasteiger partial charge is 0.591 e. The summed E-state index contributed by atoms with van der Waals surface area (Å²) in [5.41, 5.74) is 1.71. The van der Waals surface area contributed by atoms with Crippen LogP contribution in [0, 0.1) is 0 Å². The molecular weight excluding hydrogens is 294 g/mol. The first kappa shape index (κ1) is 15.1. The molecule has 0 aliphatic heterocycles. The monoisotopic (exact) mass is 309 g/mol. The lowest BCUT2D eigenvalue weighted by molar-refractivity contribution is 0.562. The summed E-state index contributed by atoms with van der Waals surface area (Å²) in [6, 6.07) is 7.37. The minimum atomic E-state index is -1.26. The maximum atomic E-state index is 11.8. The molecular formula is C14H16ClN3OS. The Morgan fingerprint density at radius 3 is 2.55 bits per heavy atom. The van der Waals surface area contributed by atoms with E-state index in [1.807, 2.05) is 39.1 Å². The third kappa shape index (κ3) is 3.85. The first-order valence-corrected chi connectivity index (χ1v) is 7.61. The van der Waals surface area contributed by atoms with E-state index in [1.165, 1.54) is 0 Å². The number of aromatic nitrogens is 2. The van der Waals surface area contributed by atoms with Crippen molar-refractivity contribution in [1.82, 2.24) is 9.78 Å². The molecule has 0 fully saturated rings. The Kier molecular flexibility index (Phi) is 4.52. The summed E-state index contributed by atoms with van der Waals surface area (Å²) in [5.74, 6) is 0. The second-order valence-corrected chi connectivity index (χ2v) is 7.66. The molecule has 6 heteroatoms. The first-order valence-electron chi connectivity index (χ1n) is 6.13. The van der Waals surface area contributed by atoms with Crippen molar-refractivity contribution < 1.29 is 4.55 Å². The van der Waals surface area contributed by atoms with Crippen molar-refractivity contribution >= 4 is 29.2 Å². The molecule has 2 rings (SSSR count). The average molecular weight is 310 g/mol. The molecule has 0 spiro atoms. The predicted octanol–water partition coefficient (Wildman–Crippen LogP) is 3.41. The molecule has 0 bridgehead atoms. The van der Waals surface area contributed by atoms with E-state index in [-0.39, 0.29) is 4.75 Å². The van der Waals surface area contributed by atoms with Crippen LogP contribution in [0.25, 0.3) is 5.69 Å². The zero-order chi connectivity index (χ0) is 14.8. The first-order chi connectivity index (χ1) is 9.36. The molecule has 1 aromatic heterocycles. The fourth-order valence-electron chi connectivity index (χ4n) is 1.41. The van der Waals surface area contributed by atoms with Crippen molar-refractivity contribution in [1.29, 1.82) is 0 Å². The zero-order valence-electron chi connectivity index (χ0n) is 11.6. The maximum Gasteiger partial charge on any atom is 0.144 e. The van der Waals surface area contributed by atoms with Crippen molar-refractivity contribution in [2.75, 3.05) is 0 Å². The summed E-state index contributed by atoms with van der Waals surface area (Å²) >= 11 is 4.59. The van der Waals surface area contributed by atoms with Gasteiger partial charge in [-0.15, -0.1) is 0 Å². The van der Waals surface area contributed by atoms with Crippen molar-refractivity contribution in [3.05, 3.63) is 47.2 Å². The normalized spacial score (nSPS) is 13.8. The van der Waals surface area contributed by atoms with Crippen LogP contribution in [0.2, 0.25) is 5.02 Å². The highest BCUT2D eigenvalue weighted by Gasteiger charge is 2.25. The minimum Gasteiger partial charge on any atom is -0.591 e. The standard InChI is InChI=1S/C14H16ClN3OS/c1-14(2,3)20(19)17-9-11-8-16-18(10-11)13-6-4-12(15)5-7-13/h4-10H,1-3H3. The van der Waals surface area contributed by atoms with Gasteiger partial charge in [-0.2, -0.15) is 5.10 Å². The molecule has 2 aromatic rings. The lowest BCUT2D eigenvalue weighted by atomic mass is 10.3. The van der Waals surface area contributed by atoms with Gasteiger partial charge in [0.2, 0.25) is 0 Å². The molecule has 0 radical (unpaired) electrons. The fraction of sp³-hybridized carbons (Fsp3) is 0.286. The highest BCUT2D eigenvalue weighted by Crippen LogP contribution is 2.17. The third-order valence-corrected chi connectivity index (χ3v) is 4.11. The fourth-order valence-corrected chi connectivity index (χ4v) is 2.06.